The Morgan fingerprint density at radius 1 is 1.37 bits per heavy atom. The number of ether oxygens (including phenoxy) is 1. The highest BCUT2D eigenvalue weighted by atomic mass is 32.2. The summed E-state index contributed by atoms with van der Waals surface area (Å²) < 4.78 is 29.2. The van der Waals surface area contributed by atoms with Crippen molar-refractivity contribution in [3.8, 4) is 5.75 Å². The van der Waals surface area contributed by atoms with Crippen molar-refractivity contribution >= 4 is 9.84 Å². The van der Waals surface area contributed by atoms with E-state index in [1.807, 2.05) is 13.8 Å². The van der Waals surface area contributed by atoms with Gasteiger partial charge < -0.3 is 15.2 Å². The van der Waals surface area contributed by atoms with Crippen LogP contribution in [0.5, 0.6) is 5.75 Å². The smallest absolute Gasteiger partial charge is 0.181 e. The molecule has 0 aliphatic carbocycles. The average molecular weight is 287 g/mol. The van der Waals surface area contributed by atoms with Gasteiger partial charge in [0.25, 0.3) is 0 Å². The van der Waals surface area contributed by atoms with Crippen molar-refractivity contribution < 1.29 is 18.3 Å². The quantitative estimate of drug-likeness (QED) is 0.777. The van der Waals surface area contributed by atoms with E-state index in [1.54, 1.807) is 12.1 Å². The van der Waals surface area contributed by atoms with Gasteiger partial charge >= 0.3 is 0 Å². The maximum Gasteiger partial charge on any atom is 0.181 e. The number of benzene rings is 1. The summed E-state index contributed by atoms with van der Waals surface area (Å²) in [4.78, 5) is 0.162. The minimum Gasteiger partial charge on any atom is -0.497 e. The molecule has 0 amide bonds. The zero-order valence-corrected chi connectivity index (χ0v) is 12.3. The number of hydrogen-bond acceptors (Lipinski definition) is 5. The molecule has 1 rings (SSSR count). The Morgan fingerprint density at radius 2 is 2.05 bits per heavy atom. The van der Waals surface area contributed by atoms with Crippen LogP contribution in [-0.2, 0) is 9.84 Å². The summed E-state index contributed by atoms with van der Waals surface area (Å²) in [6.07, 6.45) is -0.932. The van der Waals surface area contributed by atoms with E-state index in [4.69, 9.17) is 4.74 Å². The molecule has 1 atom stereocenters. The molecule has 108 valence electrons. The predicted octanol–water partition coefficient (Wildman–Crippen LogP) is 0.828. The second-order valence-corrected chi connectivity index (χ2v) is 6.71. The minimum absolute atomic E-state index is 0.162. The molecule has 0 spiro atoms. The zero-order chi connectivity index (χ0) is 14.5. The lowest BCUT2D eigenvalue weighted by atomic mass is 10.3. The molecular formula is C13H21NO4S. The molecule has 1 aromatic carbocycles. The third kappa shape index (κ3) is 5.18. The van der Waals surface area contributed by atoms with Crippen LogP contribution in [0.3, 0.4) is 0 Å². The lowest BCUT2D eigenvalue weighted by Gasteiger charge is -2.14. The van der Waals surface area contributed by atoms with Gasteiger partial charge in [0.1, 0.15) is 5.75 Å². The van der Waals surface area contributed by atoms with Crippen LogP contribution in [0.2, 0.25) is 0 Å². The first-order valence-corrected chi connectivity index (χ1v) is 7.78. The van der Waals surface area contributed by atoms with Gasteiger partial charge in [-0.25, -0.2) is 8.42 Å². The topological polar surface area (TPSA) is 75.6 Å². The number of hydrogen-bond donors (Lipinski definition) is 2. The zero-order valence-electron chi connectivity index (χ0n) is 11.5. The highest BCUT2D eigenvalue weighted by Crippen LogP contribution is 2.18. The maximum atomic E-state index is 12.1. The van der Waals surface area contributed by atoms with Crippen molar-refractivity contribution in [2.45, 2.75) is 30.9 Å². The Hall–Kier alpha value is -1.11. The Balaban J connectivity index is 2.74. The lowest BCUT2D eigenvalue weighted by molar-refractivity contribution is 0.190. The van der Waals surface area contributed by atoms with Gasteiger partial charge in [-0.3, -0.25) is 0 Å². The molecule has 0 saturated carbocycles. The lowest BCUT2D eigenvalue weighted by Crippen LogP contribution is -2.35. The van der Waals surface area contributed by atoms with Crippen molar-refractivity contribution in [2.75, 3.05) is 19.4 Å². The van der Waals surface area contributed by atoms with Gasteiger partial charge in [-0.05, 0) is 18.2 Å². The molecule has 0 aromatic heterocycles. The number of aliphatic hydroxyl groups is 1. The van der Waals surface area contributed by atoms with Crippen LogP contribution in [0.4, 0.5) is 0 Å². The van der Waals surface area contributed by atoms with Crippen LogP contribution in [0, 0.1) is 0 Å². The van der Waals surface area contributed by atoms with Gasteiger partial charge in [0.05, 0.1) is 23.9 Å². The molecule has 6 heteroatoms. The standard InChI is InChI=1S/C13H21NO4S/c1-10(2)14-8-11(15)9-19(16,17)13-6-4-5-12(7-13)18-3/h4-7,10-11,14-15H,8-9H2,1-3H3. The van der Waals surface area contributed by atoms with Crippen molar-refractivity contribution in [3.05, 3.63) is 24.3 Å². The Labute approximate surface area is 114 Å². The van der Waals surface area contributed by atoms with E-state index in [2.05, 4.69) is 5.32 Å². The molecule has 2 N–H and O–H groups in total. The maximum absolute atomic E-state index is 12.1. The normalized spacial score (nSPS) is 13.5. The SMILES string of the molecule is COc1cccc(S(=O)(=O)CC(O)CNC(C)C)c1. The van der Waals surface area contributed by atoms with Crippen molar-refractivity contribution in [2.24, 2.45) is 0 Å². The Morgan fingerprint density at radius 3 is 2.63 bits per heavy atom. The highest BCUT2D eigenvalue weighted by Gasteiger charge is 2.20. The van der Waals surface area contributed by atoms with Gasteiger partial charge in [-0.15, -0.1) is 0 Å². The first-order chi connectivity index (χ1) is 8.85. The highest BCUT2D eigenvalue weighted by molar-refractivity contribution is 7.91. The van der Waals surface area contributed by atoms with E-state index in [9.17, 15) is 13.5 Å². The number of nitrogens with one attached hydrogen (secondary N) is 1. The van der Waals surface area contributed by atoms with E-state index in [-0.39, 0.29) is 23.2 Å². The molecule has 0 fully saturated rings. The van der Waals surface area contributed by atoms with E-state index < -0.39 is 15.9 Å². The molecule has 1 aromatic rings. The molecule has 1 unspecified atom stereocenters. The summed E-state index contributed by atoms with van der Waals surface area (Å²) in [7, 11) is -2.03. The van der Waals surface area contributed by atoms with Crippen LogP contribution in [0.15, 0.2) is 29.2 Å². The molecule has 0 bridgehead atoms. The predicted molar refractivity (Wildman–Crippen MR) is 74.2 cm³/mol. The largest absolute Gasteiger partial charge is 0.497 e. The van der Waals surface area contributed by atoms with E-state index in [0.29, 0.717) is 5.75 Å². The molecule has 19 heavy (non-hydrogen) atoms. The fourth-order valence-corrected chi connectivity index (χ4v) is 2.97. The summed E-state index contributed by atoms with van der Waals surface area (Å²) in [5.74, 6) is 0.177. The Bertz CT molecular complexity index is 499. The summed E-state index contributed by atoms with van der Waals surface area (Å²) in [5, 5.41) is 12.8. The minimum atomic E-state index is -3.51. The summed E-state index contributed by atoms with van der Waals surface area (Å²) in [6.45, 7) is 4.12. The number of sulfone groups is 1. The van der Waals surface area contributed by atoms with Crippen molar-refractivity contribution in [3.63, 3.8) is 0 Å². The molecule has 0 aliphatic rings. The van der Waals surface area contributed by atoms with Gasteiger partial charge in [0.15, 0.2) is 9.84 Å². The molecule has 0 aliphatic heterocycles. The Kier molecular flexibility index (Phi) is 5.78. The second-order valence-electron chi connectivity index (χ2n) is 4.68. The van der Waals surface area contributed by atoms with Crippen molar-refractivity contribution in [1.29, 1.82) is 0 Å². The molecular weight excluding hydrogens is 266 g/mol. The second kappa shape index (κ2) is 6.88. The van der Waals surface area contributed by atoms with Crippen LogP contribution >= 0.6 is 0 Å². The number of aliphatic hydroxyl groups excluding tert-OH is 1. The third-order valence-electron chi connectivity index (χ3n) is 2.57. The van der Waals surface area contributed by atoms with Crippen molar-refractivity contribution in [1.82, 2.24) is 5.32 Å². The summed E-state index contributed by atoms with van der Waals surface area (Å²) >= 11 is 0. The third-order valence-corrected chi connectivity index (χ3v) is 4.37. The van der Waals surface area contributed by atoms with Gasteiger partial charge in [-0.1, -0.05) is 19.9 Å². The summed E-state index contributed by atoms with van der Waals surface area (Å²) in [5.41, 5.74) is 0. The fraction of sp³-hybridized carbons (Fsp3) is 0.538. The molecule has 0 radical (unpaired) electrons. The molecule has 0 heterocycles. The van der Waals surface area contributed by atoms with E-state index in [0.717, 1.165) is 0 Å². The van der Waals surface area contributed by atoms with E-state index >= 15 is 0 Å². The average Bonchev–Trinajstić information content (AvgIpc) is 2.36. The van der Waals surface area contributed by atoms with Gasteiger partial charge in [0, 0.05) is 12.6 Å². The number of rotatable bonds is 7. The summed E-state index contributed by atoms with van der Waals surface area (Å²) in [6, 6.07) is 6.45. The first kappa shape index (κ1) is 15.9. The molecule has 5 nitrogen and oxygen atoms in total. The molecule has 0 saturated heterocycles. The van der Waals surface area contributed by atoms with Crippen LogP contribution < -0.4 is 10.1 Å². The van der Waals surface area contributed by atoms with Crippen LogP contribution in [0.25, 0.3) is 0 Å². The van der Waals surface area contributed by atoms with Gasteiger partial charge in [0.2, 0.25) is 0 Å². The fourth-order valence-electron chi connectivity index (χ4n) is 1.57. The first-order valence-electron chi connectivity index (χ1n) is 6.13. The van der Waals surface area contributed by atoms with E-state index in [1.165, 1.54) is 19.2 Å². The number of methoxy groups -OCH3 is 1. The monoisotopic (exact) mass is 287 g/mol. The van der Waals surface area contributed by atoms with Gasteiger partial charge in [-0.2, -0.15) is 0 Å². The van der Waals surface area contributed by atoms with Crippen LogP contribution in [0.1, 0.15) is 13.8 Å². The van der Waals surface area contributed by atoms with Crippen LogP contribution in [-0.4, -0.2) is 45.1 Å².